The van der Waals surface area contributed by atoms with Crippen molar-refractivity contribution in [3.63, 3.8) is 0 Å². The SMILES string of the molecule is Cc1cnn(-c2ccc(S(=O)(=O)NCC(C)(C)N)cc2F)c1.Cl. The molecule has 3 N–H and O–H groups in total. The first-order valence-electron chi connectivity index (χ1n) is 6.68. The van der Waals surface area contributed by atoms with Crippen LogP contribution in [0.1, 0.15) is 19.4 Å². The molecule has 128 valence electrons. The fraction of sp³-hybridized carbons (Fsp3) is 0.357. The van der Waals surface area contributed by atoms with Crippen LogP contribution < -0.4 is 10.5 Å². The van der Waals surface area contributed by atoms with Gasteiger partial charge in [-0.05, 0) is 44.5 Å². The van der Waals surface area contributed by atoms with E-state index < -0.39 is 21.4 Å². The fourth-order valence-corrected chi connectivity index (χ4v) is 2.98. The van der Waals surface area contributed by atoms with E-state index in [9.17, 15) is 12.8 Å². The van der Waals surface area contributed by atoms with Crippen molar-refractivity contribution in [1.82, 2.24) is 14.5 Å². The molecule has 2 rings (SSSR count). The molecule has 0 fully saturated rings. The maximum Gasteiger partial charge on any atom is 0.240 e. The molecule has 23 heavy (non-hydrogen) atoms. The number of hydrogen-bond acceptors (Lipinski definition) is 4. The van der Waals surface area contributed by atoms with E-state index in [2.05, 4.69) is 9.82 Å². The van der Waals surface area contributed by atoms with Crippen LogP contribution in [0.25, 0.3) is 5.69 Å². The highest BCUT2D eigenvalue weighted by molar-refractivity contribution is 7.89. The van der Waals surface area contributed by atoms with E-state index in [0.29, 0.717) is 0 Å². The summed E-state index contributed by atoms with van der Waals surface area (Å²) >= 11 is 0. The highest BCUT2D eigenvalue weighted by Crippen LogP contribution is 2.18. The minimum Gasteiger partial charge on any atom is -0.324 e. The van der Waals surface area contributed by atoms with Crippen LogP contribution in [0.5, 0.6) is 0 Å². The van der Waals surface area contributed by atoms with Crippen LogP contribution in [0.2, 0.25) is 0 Å². The Kier molecular flexibility index (Phi) is 5.92. The summed E-state index contributed by atoms with van der Waals surface area (Å²) in [5.41, 5.74) is 6.11. The average Bonchev–Trinajstić information content (AvgIpc) is 2.82. The minimum absolute atomic E-state index is 0. The molecule has 0 unspecified atom stereocenters. The number of aromatic nitrogens is 2. The molecule has 0 saturated carbocycles. The number of nitrogens with zero attached hydrogens (tertiary/aromatic N) is 2. The third kappa shape index (κ3) is 5.00. The molecule has 2 aromatic rings. The van der Waals surface area contributed by atoms with Gasteiger partial charge in [-0.15, -0.1) is 12.4 Å². The number of aryl methyl sites for hydroxylation is 1. The van der Waals surface area contributed by atoms with E-state index in [-0.39, 0.29) is 29.5 Å². The molecule has 1 aromatic heterocycles. The highest BCUT2D eigenvalue weighted by atomic mass is 35.5. The molecular formula is C14H20ClFN4O2S. The van der Waals surface area contributed by atoms with Crippen molar-refractivity contribution in [2.75, 3.05) is 6.54 Å². The summed E-state index contributed by atoms with van der Waals surface area (Å²) in [7, 11) is -3.81. The molecule has 0 bridgehead atoms. The summed E-state index contributed by atoms with van der Waals surface area (Å²) in [6.45, 7) is 5.27. The van der Waals surface area contributed by atoms with E-state index in [4.69, 9.17) is 5.73 Å². The van der Waals surface area contributed by atoms with E-state index in [1.165, 1.54) is 16.8 Å². The Balaban J connectivity index is 0.00000264. The van der Waals surface area contributed by atoms with Gasteiger partial charge in [0.1, 0.15) is 11.5 Å². The van der Waals surface area contributed by atoms with Gasteiger partial charge < -0.3 is 5.73 Å². The van der Waals surface area contributed by atoms with Crippen molar-refractivity contribution in [3.05, 3.63) is 42.0 Å². The molecule has 0 aliphatic rings. The lowest BCUT2D eigenvalue weighted by molar-refractivity contribution is 0.497. The molecule has 0 saturated heterocycles. The standard InChI is InChI=1S/C14H19FN4O2S.ClH/c1-10-7-17-19(8-10)13-5-4-11(6-12(13)15)22(20,21)18-9-14(2,3)16;/h4-8,18H,9,16H2,1-3H3;1H. The fourth-order valence-electron chi connectivity index (χ4n) is 1.75. The largest absolute Gasteiger partial charge is 0.324 e. The molecule has 0 aliphatic carbocycles. The van der Waals surface area contributed by atoms with Gasteiger partial charge in [0.2, 0.25) is 10.0 Å². The molecule has 0 spiro atoms. The summed E-state index contributed by atoms with van der Waals surface area (Å²) in [5, 5.41) is 4.00. The number of nitrogens with one attached hydrogen (secondary N) is 1. The molecule has 6 nitrogen and oxygen atoms in total. The zero-order valence-electron chi connectivity index (χ0n) is 13.1. The summed E-state index contributed by atoms with van der Waals surface area (Å²) in [6, 6.07) is 3.68. The summed E-state index contributed by atoms with van der Waals surface area (Å²) in [5.74, 6) is -0.669. The van der Waals surface area contributed by atoms with Gasteiger partial charge in [0.15, 0.2) is 0 Å². The van der Waals surface area contributed by atoms with E-state index in [1.54, 1.807) is 26.2 Å². The molecular weight excluding hydrogens is 343 g/mol. The predicted octanol–water partition coefficient (Wildman–Crippen LogP) is 1.76. The quantitative estimate of drug-likeness (QED) is 0.848. The normalized spacial score (nSPS) is 12.0. The van der Waals surface area contributed by atoms with E-state index in [0.717, 1.165) is 11.6 Å². The lowest BCUT2D eigenvalue weighted by atomic mass is 10.1. The molecule has 0 atom stereocenters. The zero-order valence-corrected chi connectivity index (χ0v) is 14.7. The Morgan fingerprint density at radius 1 is 1.39 bits per heavy atom. The smallest absolute Gasteiger partial charge is 0.240 e. The van der Waals surface area contributed by atoms with Crippen LogP contribution in [0.4, 0.5) is 4.39 Å². The molecule has 0 aliphatic heterocycles. The van der Waals surface area contributed by atoms with Gasteiger partial charge in [0.25, 0.3) is 0 Å². The number of sulfonamides is 1. The average molecular weight is 363 g/mol. The van der Waals surface area contributed by atoms with Crippen molar-refractivity contribution in [2.24, 2.45) is 5.73 Å². The van der Waals surface area contributed by atoms with Gasteiger partial charge in [-0.25, -0.2) is 22.2 Å². The number of rotatable bonds is 5. The molecule has 9 heteroatoms. The van der Waals surface area contributed by atoms with Gasteiger partial charge in [-0.1, -0.05) is 0 Å². The minimum atomic E-state index is -3.81. The second kappa shape index (κ2) is 6.96. The third-order valence-electron chi connectivity index (χ3n) is 2.91. The summed E-state index contributed by atoms with van der Waals surface area (Å²) in [4.78, 5) is -0.151. The van der Waals surface area contributed by atoms with Gasteiger partial charge in [-0.3, -0.25) is 0 Å². The van der Waals surface area contributed by atoms with Crippen LogP contribution in [0.3, 0.4) is 0 Å². The molecule has 1 aromatic carbocycles. The second-order valence-electron chi connectivity index (χ2n) is 5.89. The maximum absolute atomic E-state index is 14.2. The van der Waals surface area contributed by atoms with Crippen molar-refractivity contribution in [3.8, 4) is 5.69 Å². The Morgan fingerprint density at radius 3 is 2.52 bits per heavy atom. The first-order valence-corrected chi connectivity index (χ1v) is 8.16. The first-order chi connectivity index (χ1) is 10.1. The van der Waals surface area contributed by atoms with Crippen LogP contribution in [-0.2, 0) is 10.0 Å². The van der Waals surface area contributed by atoms with Crippen molar-refractivity contribution >= 4 is 22.4 Å². The number of halogens is 2. The van der Waals surface area contributed by atoms with E-state index >= 15 is 0 Å². The third-order valence-corrected chi connectivity index (χ3v) is 4.30. The number of benzene rings is 1. The van der Waals surface area contributed by atoms with Crippen LogP contribution >= 0.6 is 12.4 Å². The van der Waals surface area contributed by atoms with Crippen molar-refractivity contribution < 1.29 is 12.8 Å². The maximum atomic E-state index is 14.2. The molecule has 0 radical (unpaired) electrons. The molecule has 1 heterocycles. The van der Waals surface area contributed by atoms with Gasteiger partial charge in [0.05, 0.1) is 11.1 Å². The van der Waals surface area contributed by atoms with Crippen LogP contribution in [-0.4, -0.2) is 30.3 Å². The Bertz CT molecular complexity index is 784. The van der Waals surface area contributed by atoms with Gasteiger partial charge >= 0.3 is 0 Å². The molecule has 0 amide bonds. The predicted molar refractivity (Wildman–Crippen MR) is 89.0 cm³/mol. The number of nitrogens with two attached hydrogens (primary N) is 1. The van der Waals surface area contributed by atoms with E-state index in [1.807, 2.05) is 6.92 Å². The number of hydrogen-bond donors (Lipinski definition) is 2. The second-order valence-corrected chi connectivity index (χ2v) is 7.66. The van der Waals surface area contributed by atoms with Crippen molar-refractivity contribution in [2.45, 2.75) is 31.2 Å². The van der Waals surface area contributed by atoms with Crippen LogP contribution in [0, 0.1) is 12.7 Å². The lowest BCUT2D eigenvalue weighted by Gasteiger charge is -2.19. The van der Waals surface area contributed by atoms with Crippen molar-refractivity contribution in [1.29, 1.82) is 0 Å². The van der Waals surface area contributed by atoms with Gasteiger partial charge in [0, 0.05) is 18.3 Å². The Hall–Kier alpha value is -1.48. The monoisotopic (exact) mass is 362 g/mol. The summed E-state index contributed by atoms with van der Waals surface area (Å²) < 4.78 is 42.1. The zero-order chi connectivity index (χ0) is 16.5. The topological polar surface area (TPSA) is 90.0 Å². The lowest BCUT2D eigenvalue weighted by Crippen LogP contribution is -2.45. The summed E-state index contributed by atoms with van der Waals surface area (Å²) in [6.07, 6.45) is 3.25. The van der Waals surface area contributed by atoms with Crippen LogP contribution in [0.15, 0.2) is 35.5 Å². The van der Waals surface area contributed by atoms with Gasteiger partial charge in [-0.2, -0.15) is 5.10 Å². The Morgan fingerprint density at radius 2 is 2.04 bits per heavy atom. The first kappa shape index (κ1) is 19.6. The highest BCUT2D eigenvalue weighted by Gasteiger charge is 2.20. The Labute approximate surface area is 141 Å².